The molecule has 3 rings (SSSR count). The lowest BCUT2D eigenvalue weighted by Gasteiger charge is -2.24. The van der Waals surface area contributed by atoms with Crippen LogP contribution in [-0.4, -0.2) is 12.3 Å². The summed E-state index contributed by atoms with van der Waals surface area (Å²) in [5.74, 6) is 0.0240. The van der Waals surface area contributed by atoms with Crippen LogP contribution in [0.3, 0.4) is 0 Å². The zero-order valence-corrected chi connectivity index (χ0v) is 9.35. The van der Waals surface area contributed by atoms with Crippen LogP contribution in [0.25, 0.3) is 0 Å². The maximum Gasteiger partial charge on any atom is 0.174 e. The van der Waals surface area contributed by atoms with Gasteiger partial charge in [0.1, 0.15) is 6.26 Å². The second-order valence-electron chi connectivity index (χ2n) is 4.26. The number of carbonyl (C=O) groups excluding carboxylic acids is 1. The molecule has 86 valence electrons. The van der Waals surface area contributed by atoms with Gasteiger partial charge in [0.25, 0.3) is 0 Å². The molecule has 0 aliphatic carbocycles. The molecule has 17 heavy (non-hydrogen) atoms. The molecule has 0 fully saturated rings. The maximum absolute atomic E-state index is 12.3. The van der Waals surface area contributed by atoms with Gasteiger partial charge in [0.15, 0.2) is 5.78 Å². The summed E-state index contributed by atoms with van der Waals surface area (Å²) in [7, 11) is 0. The normalized spacial score (nSPS) is 18.7. The molecule has 1 aromatic carbocycles. The first-order valence-electron chi connectivity index (χ1n) is 5.71. The third-order valence-corrected chi connectivity index (χ3v) is 3.22. The molecule has 1 unspecified atom stereocenters. The second kappa shape index (κ2) is 4.18. The lowest BCUT2D eigenvalue weighted by atomic mass is 9.86. The molecule has 1 aliphatic rings. The maximum atomic E-state index is 12.3. The van der Waals surface area contributed by atoms with Crippen molar-refractivity contribution in [2.75, 3.05) is 6.54 Å². The molecule has 0 saturated carbocycles. The van der Waals surface area contributed by atoms with E-state index < -0.39 is 0 Å². The number of fused-ring (bicyclic) bond motifs is 1. The summed E-state index contributed by atoms with van der Waals surface area (Å²) in [4.78, 5) is 12.3. The van der Waals surface area contributed by atoms with Crippen molar-refractivity contribution in [1.29, 1.82) is 0 Å². The highest BCUT2D eigenvalue weighted by Crippen LogP contribution is 2.27. The van der Waals surface area contributed by atoms with E-state index in [1.165, 1.54) is 18.1 Å². The van der Waals surface area contributed by atoms with Crippen molar-refractivity contribution in [3.05, 3.63) is 59.5 Å². The van der Waals surface area contributed by atoms with Gasteiger partial charge < -0.3 is 9.73 Å². The minimum Gasteiger partial charge on any atom is -0.472 e. The third kappa shape index (κ3) is 1.78. The summed E-state index contributed by atoms with van der Waals surface area (Å²) >= 11 is 0. The number of ketones is 1. The van der Waals surface area contributed by atoms with E-state index in [4.69, 9.17) is 4.42 Å². The standard InChI is InChI=1S/C14H13NO2/c16-14(11-5-6-17-9-11)13-8-15-7-10-3-1-2-4-12(10)13/h1-6,9,13,15H,7-8H2. The van der Waals surface area contributed by atoms with Gasteiger partial charge in [0.05, 0.1) is 17.7 Å². The summed E-state index contributed by atoms with van der Waals surface area (Å²) in [6, 6.07) is 9.82. The van der Waals surface area contributed by atoms with E-state index in [-0.39, 0.29) is 11.7 Å². The topological polar surface area (TPSA) is 42.2 Å². The van der Waals surface area contributed by atoms with Crippen molar-refractivity contribution in [1.82, 2.24) is 5.32 Å². The highest BCUT2D eigenvalue weighted by molar-refractivity contribution is 6.01. The van der Waals surface area contributed by atoms with Crippen molar-refractivity contribution in [2.24, 2.45) is 0 Å². The van der Waals surface area contributed by atoms with Gasteiger partial charge in [-0.05, 0) is 17.2 Å². The fourth-order valence-electron chi connectivity index (χ4n) is 2.34. The Hall–Kier alpha value is -1.87. The quantitative estimate of drug-likeness (QED) is 0.801. The minimum atomic E-state index is -0.0995. The van der Waals surface area contributed by atoms with Crippen LogP contribution in [0.1, 0.15) is 27.4 Å². The fraction of sp³-hybridized carbons (Fsp3) is 0.214. The summed E-state index contributed by atoms with van der Waals surface area (Å²) in [5.41, 5.74) is 2.99. The van der Waals surface area contributed by atoms with E-state index in [1.807, 2.05) is 18.2 Å². The smallest absolute Gasteiger partial charge is 0.174 e. The molecular weight excluding hydrogens is 214 g/mol. The van der Waals surface area contributed by atoms with Crippen LogP contribution in [0.15, 0.2) is 47.3 Å². The number of carbonyl (C=O) groups is 1. The molecule has 0 amide bonds. The highest BCUT2D eigenvalue weighted by atomic mass is 16.3. The molecule has 3 nitrogen and oxygen atoms in total. The Morgan fingerprint density at radius 1 is 1.29 bits per heavy atom. The van der Waals surface area contributed by atoms with E-state index in [1.54, 1.807) is 6.07 Å². The van der Waals surface area contributed by atoms with Gasteiger partial charge in [-0.25, -0.2) is 0 Å². The molecule has 1 atom stereocenters. The predicted molar refractivity (Wildman–Crippen MR) is 63.9 cm³/mol. The first kappa shape index (κ1) is 10.3. The largest absolute Gasteiger partial charge is 0.472 e. The van der Waals surface area contributed by atoms with E-state index in [0.717, 1.165) is 12.1 Å². The lowest BCUT2D eigenvalue weighted by molar-refractivity contribution is 0.0954. The van der Waals surface area contributed by atoms with Crippen molar-refractivity contribution < 1.29 is 9.21 Å². The first-order chi connectivity index (χ1) is 8.36. The summed E-state index contributed by atoms with van der Waals surface area (Å²) in [5, 5.41) is 3.28. The lowest BCUT2D eigenvalue weighted by Crippen LogP contribution is -2.32. The van der Waals surface area contributed by atoms with Gasteiger partial charge in [-0.15, -0.1) is 0 Å². The molecule has 1 aliphatic heterocycles. The molecule has 2 heterocycles. The number of rotatable bonds is 2. The van der Waals surface area contributed by atoms with Crippen LogP contribution in [0.4, 0.5) is 0 Å². The van der Waals surface area contributed by atoms with Gasteiger partial charge in [-0.2, -0.15) is 0 Å². The number of nitrogens with one attached hydrogen (secondary N) is 1. The van der Waals surface area contributed by atoms with Crippen LogP contribution in [0.5, 0.6) is 0 Å². The Labute approximate surface area is 99.4 Å². The first-order valence-corrected chi connectivity index (χ1v) is 5.71. The monoisotopic (exact) mass is 227 g/mol. The van der Waals surface area contributed by atoms with Crippen LogP contribution < -0.4 is 5.32 Å². The number of furan rings is 1. The van der Waals surface area contributed by atoms with Crippen LogP contribution in [-0.2, 0) is 6.54 Å². The van der Waals surface area contributed by atoms with E-state index >= 15 is 0 Å². The van der Waals surface area contributed by atoms with Crippen LogP contribution >= 0.6 is 0 Å². The Kier molecular flexibility index (Phi) is 2.53. The van der Waals surface area contributed by atoms with Crippen molar-refractivity contribution >= 4 is 5.78 Å². The summed E-state index contributed by atoms with van der Waals surface area (Å²) in [6.45, 7) is 1.53. The fourth-order valence-corrected chi connectivity index (χ4v) is 2.34. The minimum absolute atomic E-state index is 0.0995. The molecule has 0 saturated heterocycles. The van der Waals surface area contributed by atoms with Crippen LogP contribution in [0.2, 0.25) is 0 Å². The third-order valence-electron chi connectivity index (χ3n) is 3.22. The number of hydrogen-bond donors (Lipinski definition) is 1. The summed E-state index contributed by atoms with van der Waals surface area (Å²) in [6.07, 6.45) is 3.05. The highest BCUT2D eigenvalue weighted by Gasteiger charge is 2.27. The van der Waals surface area contributed by atoms with E-state index in [0.29, 0.717) is 12.1 Å². The Morgan fingerprint density at radius 3 is 3.00 bits per heavy atom. The Morgan fingerprint density at radius 2 is 2.18 bits per heavy atom. The zero-order valence-electron chi connectivity index (χ0n) is 9.35. The molecule has 0 bridgehead atoms. The van der Waals surface area contributed by atoms with Gasteiger partial charge >= 0.3 is 0 Å². The number of benzene rings is 1. The molecule has 1 N–H and O–H groups in total. The van der Waals surface area contributed by atoms with Gasteiger partial charge in [0.2, 0.25) is 0 Å². The average Bonchev–Trinajstić information content (AvgIpc) is 2.91. The van der Waals surface area contributed by atoms with Gasteiger partial charge in [0, 0.05) is 13.1 Å². The number of Topliss-reactive ketones (excluding diaryl/α,β-unsaturated/α-hetero) is 1. The van der Waals surface area contributed by atoms with Crippen molar-refractivity contribution in [3.63, 3.8) is 0 Å². The van der Waals surface area contributed by atoms with Crippen molar-refractivity contribution in [2.45, 2.75) is 12.5 Å². The zero-order chi connectivity index (χ0) is 11.7. The Bertz CT molecular complexity index is 531. The molecule has 1 aromatic heterocycles. The average molecular weight is 227 g/mol. The molecule has 0 radical (unpaired) electrons. The predicted octanol–water partition coefficient (Wildman–Crippen LogP) is 2.35. The van der Waals surface area contributed by atoms with E-state index in [2.05, 4.69) is 11.4 Å². The van der Waals surface area contributed by atoms with Gasteiger partial charge in [-0.1, -0.05) is 24.3 Å². The van der Waals surface area contributed by atoms with Gasteiger partial charge in [-0.3, -0.25) is 4.79 Å². The summed E-state index contributed by atoms with van der Waals surface area (Å²) < 4.78 is 4.97. The SMILES string of the molecule is O=C(c1ccoc1)C1CNCc2ccccc21. The second-order valence-corrected chi connectivity index (χ2v) is 4.26. The molecule has 0 spiro atoms. The van der Waals surface area contributed by atoms with Crippen molar-refractivity contribution in [3.8, 4) is 0 Å². The number of hydrogen-bond acceptors (Lipinski definition) is 3. The Balaban J connectivity index is 1.98. The molecule has 2 aromatic rings. The molecule has 3 heteroatoms. The van der Waals surface area contributed by atoms with Crippen LogP contribution in [0, 0.1) is 0 Å². The molecular formula is C14H13NO2. The van der Waals surface area contributed by atoms with E-state index in [9.17, 15) is 4.79 Å².